The van der Waals surface area contributed by atoms with E-state index in [0.29, 0.717) is 24.7 Å². The smallest absolute Gasteiger partial charge is 0.273 e. The molecule has 132 valence electrons. The molecule has 2 aromatic rings. The van der Waals surface area contributed by atoms with E-state index >= 15 is 0 Å². The summed E-state index contributed by atoms with van der Waals surface area (Å²) in [6.45, 7) is 1.90. The molecule has 1 aromatic carbocycles. The van der Waals surface area contributed by atoms with Gasteiger partial charge >= 0.3 is 0 Å². The summed E-state index contributed by atoms with van der Waals surface area (Å²) < 4.78 is 13.6. The van der Waals surface area contributed by atoms with E-state index in [9.17, 15) is 9.18 Å². The maximum absolute atomic E-state index is 13.6. The van der Waals surface area contributed by atoms with Crippen LogP contribution >= 0.6 is 12.4 Å². The molecule has 0 spiro atoms. The molecule has 1 saturated carbocycles. The van der Waals surface area contributed by atoms with Crippen LogP contribution in [0.5, 0.6) is 0 Å². The number of piperazine rings is 1. The summed E-state index contributed by atoms with van der Waals surface area (Å²) in [6, 6.07) is 7.92. The molecule has 1 aliphatic carbocycles. The molecule has 2 heterocycles. The Bertz CT molecular complexity index is 768. The molecule has 2 fully saturated rings. The van der Waals surface area contributed by atoms with Gasteiger partial charge in [-0.1, -0.05) is 12.1 Å². The predicted molar refractivity (Wildman–Crippen MR) is 94.3 cm³/mol. The van der Waals surface area contributed by atoms with Crippen LogP contribution < -0.4 is 5.32 Å². The van der Waals surface area contributed by atoms with E-state index in [1.165, 1.54) is 12.1 Å². The summed E-state index contributed by atoms with van der Waals surface area (Å²) in [5, 5.41) is 3.28. The molecule has 1 aliphatic heterocycles. The van der Waals surface area contributed by atoms with Crippen LogP contribution in [0.1, 0.15) is 46.7 Å². The zero-order valence-corrected chi connectivity index (χ0v) is 14.5. The topological polar surface area (TPSA) is 58.1 Å². The van der Waals surface area contributed by atoms with Crippen molar-refractivity contribution in [3.63, 3.8) is 0 Å². The molecule has 0 bridgehead atoms. The van der Waals surface area contributed by atoms with Gasteiger partial charge in [0.05, 0.1) is 6.04 Å². The normalized spacial score (nSPS) is 20.0. The van der Waals surface area contributed by atoms with E-state index in [0.717, 1.165) is 30.8 Å². The number of benzene rings is 1. The van der Waals surface area contributed by atoms with E-state index in [-0.39, 0.29) is 30.2 Å². The maximum atomic E-state index is 13.6. The molecule has 7 heteroatoms. The lowest BCUT2D eigenvalue weighted by Crippen LogP contribution is -2.49. The Morgan fingerprint density at radius 2 is 2.12 bits per heavy atom. The lowest BCUT2D eigenvalue weighted by atomic mass is 10.0. The van der Waals surface area contributed by atoms with Crippen molar-refractivity contribution in [3.8, 4) is 0 Å². The third-order valence-electron chi connectivity index (χ3n) is 4.57. The van der Waals surface area contributed by atoms with Gasteiger partial charge in [0.1, 0.15) is 17.3 Å². The first-order chi connectivity index (χ1) is 11.7. The summed E-state index contributed by atoms with van der Waals surface area (Å²) in [4.78, 5) is 23.5. The Labute approximate surface area is 152 Å². The average molecular weight is 363 g/mol. The number of halogens is 2. The van der Waals surface area contributed by atoms with Gasteiger partial charge in [0.15, 0.2) is 0 Å². The van der Waals surface area contributed by atoms with Crippen LogP contribution in [0.3, 0.4) is 0 Å². The van der Waals surface area contributed by atoms with E-state index in [2.05, 4.69) is 15.3 Å². The van der Waals surface area contributed by atoms with E-state index < -0.39 is 0 Å². The Balaban J connectivity index is 0.00000182. The van der Waals surface area contributed by atoms with Gasteiger partial charge < -0.3 is 10.2 Å². The first-order valence-corrected chi connectivity index (χ1v) is 8.32. The largest absolute Gasteiger partial charge is 0.328 e. The molecule has 2 aliphatic rings. The highest BCUT2D eigenvalue weighted by molar-refractivity contribution is 5.92. The molecule has 1 amide bonds. The molecule has 1 saturated heterocycles. The van der Waals surface area contributed by atoms with Crippen LogP contribution in [-0.2, 0) is 0 Å². The van der Waals surface area contributed by atoms with Gasteiger partial charge in [0, 0.05) is 31.7 Å². The minimum atomic E-state index is -0.288. The van der Waals surface area contributed by atoms with E-state index in [4.69, 9.17) is 0 Å². The van der Waals surface area contributed by atoms with Crippen molar-refractivity contribution >= 4 is 18.3 Å². The summed E-state index contributed by atoms with van der Waals surface area (Å²) in [7, 11) is 0. The number of amides is 1. The molecule has 25 heavy (non-hydrogen) atoms. The standard InChI is InChI=1S/C18H19FN4O.ClH/c19-14-3-1-2-13(10-14)16-11-20-8-9-23(16)18(24)15-6-7-21-17(22-15)12-4-5-12;/h1-3,6-7,10,12,16,20H,4-5,8-9,11H2;1H. The van der Waals surface area contributed by atoms with Gasteiger partial charge in [-0.3, -0.25) is 4.79 Å². The van der Waals surface area contributed by atoms with Gasteiger partial charge in [-0.05, 0) is 36.6 Å². The molecule has 1 aromatic heterocycles. The monoisotopic (exact) mass is 362 g/mol. The summed E-state index contributed by atoms with van der Waals surface area (Å²) in [6.07, 6.45) is 3.85. The van der Waals surface area contributed by atoms with Gasteiger partial charge in [-0.2, -0.15) is 0 Å². The Morgan fingerprint density at radius 3 is 2.88 bits per heavy atom. The SMILES string of the molecule is Cl.O=C(c1ccnc(C2CC2)n1)N1CCNCC1c1cccc(F)c1. The van der Waals surface area contributed by atoms with Crippen molar-refractivity contribution in [2.45, 2.75) is 24.8 Å². The quantitative estimate of drug-likeness (QED) is 0.912. The third kappa shape index (κ3) is 3.80. The number of carbonyl (C=O) groups is 1. The van der Waals surface area contributed by atoms with Crippen molar-refractivity contribution in [1.82, 2.24) is 20.2 Å². The molecule has 1 N–H and O–H groups in total. The number of hydrogen-bond acceptors (Lipinski definition) is 4. The van der Waals surface area contributed by atoms with Crippen LogP contribution in [0, 0.1) is 5.82 Å². The zero-order valence-electron chi connectivity index (χ0n) is 13.7. The number of nitrogens with zero attached hydrogens (tertiary/aromatic N) is 3. The van der Waals surface area contributed by atoms with E-state index in [1.807, 2.05) is 6.07 Å². The highest BCUT2D eigenvalue weighted by atomic mass is 35.5. The summed E-state index contributed by atoms with van der Waals surface area (Å²) >= 11 is 0. The first-order valence-electron chi connectivity index (χ1n) is 8.32. The number of hydrogen-bond donors (Lipinski definition) is 1. The zero-order chi connectivity index (χ0) is 16.5. The van der Waals surface area contributed by atoms with Crippen molar-refractivity contribution < 1.29 is 9.18 Å². The molecular formula is C18H20ClFN4O. The second-order valence-corrected chi connectivity index (χ2v) is 6.35. The molecule has 4 rings (SSSR count). The fourth-order valence-electron chi connectivity index (χ4n) is 3.14. The Morgan fingerprint density at radius 1 is 1.28 bits per heavy atom. The Hall–Kier alpha value is -2.05. The predicted octanol–water partition coefficient (Wildman–Crippen LogP) is 2.70. The van der Waals surface area contributed by atoms with Crippen LogP contribution in [0.2, 0.25) is 0 Å². The summed E-state index contributed by atoms with van der Waals surface area (Å²) in [5.41, 5.74) is 1.22. The number of rotatable bonds is 3. The fourth-order valence-corrected chi connectivity index (χ4v) is 3.14. The van der Waals surface area contributed by atoms with Crippen molar-refractivity contribution in [1.29, 1.82) is 0 Å². The highest BCUT2D eigenvalue weighted by Gasteiger charge is 2.31. The van der Waals surface area contributed by atoms with Crippen LogP contribution in [0.15, 0.2) is 36.5 Å². The molecule has 5 nitrogen and oxygen atoms in total. The second-order valence-electron chi connectivity index (χ2n) is 6.35. The highest BCUT2D eigenvalue weighted by Crippen LogP contribution is 2.37. The number of nitrogens with one attached hydrogen (secondary N) is 1. The molecule has 1 unspecified atom stereocenters. The minimum Gasteiger partial charge on any atom is -0.328 e. The molecular weight excluding hydrogens is 343 g/mol. The van der Waals surface area contributed by atoms with Crippen molar-refractivity contribution in [3.05, 3.63) is 59.4 Å². The number of aromatic nitrogens is 2. The maximum Gasteiger partial charge on any atom is 0.273 e. The van der Waals surface area contributed by atoms with Crippen molar-refractivity contribution in [2.24, 2.45) is 0 Å². The second kappa shape index (κ2) is 7.45. The van der Waals surface area contributed by atoms with Gasteiger partial charge in [0.25, 0.3) is 5.91 Å². The van der Waals surface area contributed by atoms with Crippen LogP contribution in [-0.4, -0.2) is 40.4 Å². The fraction of sp³-hybridized carbons (Fsp3) is 0.389. The third-order valence-corrected chi connectivity index (χ3v) is 4.57. The van der Waals surface area contributed by atoms with Gasteiger partial charge in [-0.15, -0.1) is 12.4 Å². The average Bonchev–Trinajstić information content (AvgIpc) is 3.46. The van der Waals surface area contributed by atoms with Crippen LogP contribution in [0.4, 0.5) is 4.39 Å². The lowest BCUT2D eigenvalue weighted by Gasteiger charge is -2.36. The van der Waals surface area contributed by atoms with E-state index in [1.54, 1.807) is 23.2 Å². The van der Waals surface area contributed by atoms with Gasteiger partial charge in [0.2, 0.25) is 0 Å². The van der Waals surface area contributed by atoms with Crippen LogP contribution in [0.25, 0.3) is 0 Å². The summed E-state index contributed by atoms with van der Waals surface area (Å²) in [5.74, 6) is 0.761. The minimum absolute atomic E-state index is 0. The molecule has 0 radical (unpaired) electrons. The van der Waals surface area contributed by atoms with Crippen molar-refractivity contribution in [2.75, 3.05) is 19.6 Å². The molecule has 1 atom stereocenters. The lowest BCUT2D eigenvalue weighted by molar-refractivity contribution is 0.0627. The first kappa shape index (κ1) is 17.8. The Kier molecular flexibility index (Phi) is 5.30. The van der Waals surface area contributed by atoms with Gasteiger partial charge in [-0.25, -0.2) is 14.4 Å². The number of carbonyl (C=O) groups excluding carboxylic acids is 1.